The van der Waals surface area contributed by atoms with Gasteiger partial charge in [0, 0.05) is 19.3 Å². The van der Waals surface area contributed by atoms with E-state index in [-0.39, 0.29) is 31.1 Å². The Labute approximate surface area is 519 Å². The first-order valence-corrected chi connectivity index (χ1v) is 37.8. The molecular formula is C77H146O6. The van der Waals surface area contributed by atoms with Crippen LogP contribution in [0.4, 0.5) is 0 Å². The Morgan fingerprint density at radius 2 is 0.434 bits per heavy atom. The SMILES string of the molecule is CCCCCCC/C=C\C/C=C\CCCCCCCCCCCCCCCCCCCCCC(=O)OCC(COC(=O)CCCCCCCCCCCCC)OC(=O)CCCCCCCCCCCCCCCCCCCCCCCCC. The van der Waals surface area contributed by atoms with Gasteiger partial charge < -0.3 is 14.2 Å². The van der Waals surface area contributed by atoms with Crippen LogP contribution in [-0.2, 0) is 28.6 Å². The topological polar surface area (TPSA) is 78.9 Å². The van der Waals surface area contributed by atoms with E-state index in [0.717, 1.165) is 64.2 Å². The van der Waals surface area contributed by atoms with Crippen LogP contribution in [0.25, 0.3) is 0 Å². The number of ether oxygens (including phenoxy) is 3. The maximum Gasteiger partial charge on any atom is 0.306 e. The number of esters is 3. The number of hydrogen-bond acceptors (Lipinski definition) is 6. The molecule has 0 aliphatic rings. The first-order chi connectivity index (χ1) is 41.0. The predicted octanol–water partition coefficient (Wildman–Crippen LogP) is 26.1. The maximum absolute atomic E-state index is 13.0. The molecule has 1 atom stereocenters. The average molecular weight is 1170 g/mol. The van der Waals surface area contributed by atoms with E-state index >= 15 is 0 Å². The molecule has 0 aromatic heterocycles. The summed E-state index contributed by atoms with van der Waals surface area (Å²) in [6.45, 7) is 6.71. The summed E-state index contributed by atoms with van der Waals surface area (Å²) < 4.78 is 17.0. The van der Waals surface area contributed by atoms with E-state index in [2.05, 4.69) is 45.1 Å². The van der Waals surface area contributed by atoms with Crippen LogP contribution in [0.2, 0.25) is 0 Å². The van der Waals surface area contributed by atoms with Crippen molar-refractivity contribution in [2.75, 3.05) is 13.2 Å². The van der Waals surface area contributed by atoms with Gasteiger partial charge in [-0.1, -0.05) is 385 Å². The van der Waals surface area contributed by atoms with Gasteiger partial charge in [0.15, 0.2) is 6.10 Å². The molecule has 0 fully saturated rings. The minimum absolute atomic E-state index is 0.0630. The molecule has 0 aliphatic heterocycles. The quantitative estimate of drug-likeness (QED) is 0.0261. The second-order valence-corrected chi connectivity index (χ2v) is 25.9. The maximum atomic E-state index is 13.0. The molecule has 0 aromatic rings. The van der Waals surface area contributed by atoms with Gasteiger partial charge in [0.2, 0.25) is 0 Å². The lowest BCUT2D eigenvalue weighted by atomic mass is 10.0. The van der Waals surface area contributed by atoms with Crippen LogP contribution < -0.4 is 0 Å². The van der Waals surface area contributed by atoms with E-state index in [0.29, 0.717) is 19.3 Å². The fourth-order valence-corrected chi connectivity index (χ4v) is 11.8. The van der Waals surface area contributed by atoms with Gasteiger partial charge in [-0.3, -0.25) is 14.4 Å². The average Bonchev–Trinajstić information content (AvgIpc) is 3.48. The normalized spacial score (nSPS) is 12.1. The molecule has 1 unspecified atom stereocenters. The lowest BCUT2D eigenvalue weighted by Gasteiger charge is -2.18. The molecule has 83 heavy (non-hydrogen) atoms. The molecule has 0 aliphatic carbocycles. The molecule has 0 saturated carbocycles. The summed E-state index contributed by atoms with van der Waals surface area (Å²) in [4.78, 5) is 38.4. The van der Waals surface area contributed by atoms with Crippen molar-refractivity contribution in [1.29, 1.82) is 0 Å². The van der Waals surface area contributed by atoms with Crippen molar-refractivity contribution in [3.63, 3.8) is 0 Å². The van der Waals surface area contributed by atoms with E-state index < -0.39 is 6.10 Å². The molecular weight excluding hydrogens is 1020 g/mol. The summed E-state index contributed by atoms with van der Waals surface area (Å²) in [5.41, 5.74) is 0. The Morgan fingerprint density at radius 1 is 0.241 bits per heavy atom. The van der Waals surface area contributed by atoms with Crippen molar-refractivity contribution >= 4 is 17.9 Å². The van der Waals surface area contributed by atoms with E-state index in [9.17, 15) is 14.4 Å². The summed E-state index contributed by atoms with van der Waals surface area (Å²) in [6, 6.07) is 0. The molecule has 0 saturated heterocycles. The fraction of sp³-hybridized carbons (Fsp3) is 0.909. The Kier molecular flexibility index (Phi) is 70.5. The summed E-state index contributed by atoms with van der Waals surface area (Å²) in [5, 5.41) is 0. The van der Waals surface area contributed by atoms with Crippen LogP contribution in [0.15, 0.2) is 24.3 Å². The van der Waals surface area contributed by atoms with Gasteiger partial charge in [0.25, 0.3) is 0 Å². The second-order valence-electron chi connectivity index (χ2n) is 25.9. The Bertz CT molecular complexity index is 1340. The minimum atomic E-state index is -0.766. The Balaban J connectivity index is 4.10. The third kappa shape index (κ3) is 70.5. The van der Waals surface area contributed by atoms with Crippen LogP contribution in [0, 0.1) is 0 Å². The summed E-state index contributed by atoms with van der Waals surface area (Å²) in [6.07, 6.45) is 89.5. The molecule has 0 N–H and O–H groups in total. The van der Waals surface area contributed by atoms with Crippen molar-refractivity contribution in [3.8, 4) is 0 Å². The molecule has 6 heteroatoms. The number of rotatable bonds is 71. The zero-order valence-corrected chi connectivity index (χ0v) is 56.5. The highest BCUT2D eigenvalue weighted by molar-refractivity contribution is 5.71. The summed E-state index contributed by atoms with van der Waals surface area (Å²) in [7, 11) is 0. The molecule has 0 amide bonds. The van der Waals surface area contributed by atoms with Crippen LogP contribution in [0.5, 0.6) is 0 Å². The highest BCUT2D eigenvalue weighted by Crippen LogP contribution is 2.19. The number of carbonyl (C=O) groups is 3. The third-order valence-corrected chi connectivity index (χ3v) is 17.5. The van der Waals surface area contributed by atoms with Crippen LogP contribution in [0.1, 0.15) is 432 Å². The molecule has 6 nitrogen and oxygen atoms in total. The van der Waals surface area contributed by atoms with Crippen molar-refractivity contribution in [1.82, 2.24) is 0 Å². The van der Waals surface area contributed by atoms with Gasteiger partial charge in [-0.2, -0.15) is 0 Å². The minimum Gasteiger partial charge on any atom is -0.462 e. The van der Waals surface area contributed by atoms with Gasteiger partial charge in [0.05, 0.1) is 0 Å². The highest BCUT2D eigenvalue weighted by atomic mass is 16.6. The Morgan fingerprint density at radius 3 is 0.663 bits per heavy atom. The lowest BCUT2D eigenvalue weighted by molar-refractivity contribution is -0.167. The standard InChI is InChI=1S/C77H146O6/c1-4-7-10-13-16-19-22-24-26-28-30-32-34-35-36-37-38-39-40-41-43-44-46-48-50-52-55-58-61-64-67-70-76(79)82-73-74(72-81-75(78)69-66-63-60-57-54-21-18-15-12-9-6-3)83-77(80)71-68-65-62-59-56-53-51-49-47-45-42-33-31-29-27-25-23-20-17-14-11-8-5-2/h22,24,28,30,74H,4-21,23,25-27,29,31-73H2,1-3H3/b24-22-,30-28-. The fourth-order valence-electron chi connectivity index (χ4n) is 11.8. The van der Waals surface area contributed by atoms with Crippen LogP contribution in [0.3, 0.4) is 0 Å². The number of allylic oxidation sites excluding steroid dienone is 4. The van der Waals surface area contributed by atoms with E-state index in [4.69, 9.17) is 14.2 Å². The second kappa shape index (κ2) is 72.4. The first kappa shape index (κ1) is 80.9. The molecule has 0 heterocycles. The van der Waals surface area contributed by atoms with Gasteiger partial charge >= 0.3 is 17.9 Å². The predicted molar refractivity (Wildman–Crippen MR) is 363 cm³/mol. The summed E-state index contributed by atoms with van der Waals surface area (Å²) >= 11 is 0. The lowest BCUT2D eigenvalue weighted by Crippen LogP contribution is -2.30. The molecule has 0 bridgehead atoms. The largest absolute Gasteiger partial charge is 0.462 e. The Hall–Kier alpha value is -2.11. The van der Waals surface area contributed by atoms with Crippen molar-refractivity contribution in [2.45, 2.75) is 438 Å². The number of unbranched alkanes of at least 4 members (excludes halogenated alkanes) is 56. The smallest absolute Gasteiger partial charge is 0.306 e. The van der Waals surface area contributed by atoms with E-state index in [1.807, 2.05) is 0 Å². The van der Waals surface area contributed by atoms with Crippen molar-refractivity contribution in [2.24, 2.45) is 0 Å². The van der Waals surface area contributed by atoms with Crippen LogP contribution >= 0.6 is 0 Å². The molecule has 490 valence electrons. The molecule has 0 spiro atoms. The van der Waals surface area contributed by atoms with Gasteiger partial charge in [-0.05, 0) is 51.4 Å². The van der Waals surface area contributed by atoms with E-state index in [1.165, 1.54) is 327 Å². The highest BCUT2D eigenvalue weighted by Gasteiger charge is 2.20. The van der Waals surface area contributed by atoms with Gasteiger partial charge in [-0.25, -0.2) is 0 Å². The van der Waals surface area contributed by atoms with E-state index in [1.54, 1.807) is 0 Å². The summed E-state index contributed by atoms with van der Waals surface area (Å²) in [5.74, 6) is -0.827. The van der Waals surface area contributed by atoms with Gasteiger partial charge in [-0.15, -0.1) is 0 Å². The number of carbonyl (C=O) groups excluding carboxylic acids is 3. The molecule has 0 aromatic carbocycles. The molecule has 0 rings (SSSR count). The monoisotopic (exact) mass is 1170 g/mol. The van der Waals surface area contributed by atoms with Crippen LogP contribution in [-0.4, -0.2) is 37.2 Å². The third-order valence-electron chi connectivity index (χ3n) is 17.5. The molecule has 0 radical (unpaired) electrons. The number of hydrogen-bond donors (Lipinski definition) is 0. The zero-order chi connectivity index (χ0) is 59.9. The first-order valence-electron chi connectivity index (χ1n) is 37.8. The zero-order valence-electron chi connectivity index (χ0n) is 56.5. The van der Waals surface area contributed by atoms with Crippen molar-refractivity contribution in [3.05, 3.63) is 24.3 Å². The van der Waals surface area contributed by atoms with Crippen molar-refractivity contribution < 1.29 is 28.6 Å². The van der Waals surface area contributed by atoms with Gasteiger partial charge in [0.1, 0.15) is 13.2 Å².